The molecule has 0 aromatic rings. The molecule has 0 bridgehead atoms. The van der Waals surface area contributed by atoms with Crippen LogP contribution in [0.1, 0.15) is 47.0 Å². The van der Waals surface area contributed by atoms with Gasteiger partial charge in [-0.05, 0) is 52.1 Å². The van der Waals surface area contributed by atoms with Crippen LogP contribution in [-0.4, -0.2) is 49.0 Å². The van der Waals surface area contributed by atoms with Gasteiger partial charge in [0.15, 0.2) is 0 Å². The van der Waals surface area contributed by atoms with Gasteiger partial charge < -0.3 is 14.7 Å². The van der Waals surface area contributed by atoms with Crippen molar-refractivity contribution >= 4 is 0 Å². The zero-order chi connectivity index (χ0) is 13.3. The lowest BCUT2D eigenvalue weighted by Crippen LogP contribution is -2.42. The van der Waals surface area contributed by atoms with Gasteiger partial charge in [0.2, 0.25) is 0 Å². The van der Waals surface area contributed by atoms with E-state index in [9.17, 15) is 5.11 Å². The van der Waals surface area contributed by atoms with E-state index < -0.39 is 5.60 Å². The second kappa shape index (κ2) is 8.90. The fraction of sp³-hybridized carbons (Fsp3) is 1.00. The van der Waals surface area contributed by atoms with Crippen molar-refractivity contribution in [2.45, 2.75) is 52.6 Å². The third kappa shape index (κ3) is 7.02. The molecule has 104 valence electrons. The third-order valence-corrected chi connectivity index (χ3v) is 3.41. The standard InChI is InChI=1S/C12H25NO2.C2H6/c1-12(2,14)11-5-8-13(9-6-11)7-4-10-15-3;1-2/h11,14H,4-10H2,1-3H3;1-2H3. The Hall–Kier alpha value is -0.120. The monoisotopic (exact) mass is 245 g/mol. The molecule has 17 heavy (non-hydrogen) atoms. The van der Waals surface area contributed by atoms with Crippen LogP contribution >= 0.6 is 0 Å². The lowest BCUT2D eigenvalue weighted by Gasteiger charge is -2.37. The van der Waals surface area contributed by atoms with E-state index in [1.807, 2.05) is 27.7 Å². The lowest BCUT2D eigenvalue weighted by atomic mass is 9.83. The zero-order valence-corrected chi connectivity index (χ0v) is 12.3. The number of rotatable bonds is 5. The highest BCUT2D eigenvalue weighted by molar-refractivity contribution is 4.82. The van der Waals surface area contributed by atoms with Crippen LogP contribution < -0.4 is 0 Å². The first-order chi connectivity index (χ1) is 8.04. The van der Waals surface area contributed by atoms with Gasteiger partial charge in [0.05, 0.1) is 5.60 Å². The van der Waals surface area contributed by atoms with Gasteiger partial charge in [-0.2, -0.15) is 0 Å². The molecule has 0 amide bonds. The molecule has 0 spiro atoms. The Morgan fingerprint density at radius 1 is 1.24 bits per heavy atom. The van der Waals surface area contributed by atoms with Crippen molar-refractivity contribution in [2.75, 3.05) is 33.4 Å². The van der Waals surface area contributed by atoms with Gasteiger partial charge in [-0.1, -0.05) is 13.8 Å². The van der Waals surface area contributed by atoms with Crippen molar-refractivity contribution in [3.63, 3.8) is 0 Å². The highest BCUT2D eigenvalue weighted by Gasteiger charge is 2.30. The Balaban J connectivity index is 0.00000121. The second-order valence-corrected chi connectivity index (χ2v) is 5.12. The maximum Gasteiger partial charge on any atom is 0.0620 e. The number of nitrogens with zero attached hydrogens (tertiary/aromatic N) is 1. The molecule has 1 aliphatic rings. The number of hydrogen-bond donors (Lipinski definition) is 1. The highest BCUT2D eigenvalue weighted by Crippen LogP contribution is 2.27. The first-order valence-corrected chi connectivity index (χ1v) is 6.97. The Kier molecular flexibility index (Phi) is 8.83. The molecule has 0 aromatic heterocycles. The Labute approximate surface area is 107 Å². The molecule has 0 aromatic carbocycles. The molecule has 1 N–H and O–H groups in total. The van der Waals surface area contributed by atoms with Gasteiger partial charge >= 0.3 is 0 Å². The molecule has 0 unspecified atom stereocenters. The van der Waals surface area contributed by atoms with Crippen LogP contribution in [0.5, 0.6) is 0 Å². The van der Waals surface area contributed by atoms with Crippen LogP contribution in [0.2, 0.25) is 0 Å². The van der Waals surface area contributed by atoms with Gasteiger partial charge in [0, 0.05) is 20.3 Å². The largest absolute Gasteiger partial charge is 0.390 e. The molecule has 1 aliphatic heterocycles. The second-order valence-electron chi connectivity index (χ2n) is 5.12. The van der Waals surface area contributed by atoms with Crippen LogP contribution in [0.25, 0.3) is 0 Å². The highest BCUT2D eigenvalue weighted by atomic mass is 16.5. The summed E-state index contributed by atoms with van der Waals surface area (Å²) in [5.74, 6) is 0.469. The maximum atomic E-state index is 9.90. The van der Waals surface area contributed by atoms with E-state index in [1.54, 1.807) is 7.11 Å². The fourth-order valence-corrected chi connectivity index (χ4v) is 2.30. The summed E-state index contributed by atoms with van der Waals surface area (Å²) in [6.07, 6.45) is 3.36. The molecule has 3 nitrogen and oxygen atoms in total. The number of piperidine rings is 1. The van der Waals surface area contributed by atoms with Crippen molar-refractivity contribution in [3.8, 4) is 0 Å². The number of aliphatic hydroxyl groups is 1. The minimum Gasteiger partial charge on any atom is -0.390 e. The van der Waals surface area contributed by atoms with Gasteiger partial charge in [0.1, 0.15) is 0 Å². The maximum absolute atomic E-state index is 9.90. The molecule has 0 saturated carbocycles. The smallest absolute Gasteiger partial charge is 0.0620 e. The molecule has 1 rings (SSSR count). The van der Waals surface area contributed by atoms with Crippen molar-refractivity contribution in [3.05, 3.63) is 0 Å². The van der Waals surface area contributed by atoms with Crippen LogP contribution in [0.4, 0.5) is 0 Å². The number of likely N-dealkylation sites (tertiary alicyclic amines) is 1. The first-order valence-electron chi connectivity index (χ1n) is 6.97. The molecule has 1 fully saturated rings. The molecule has 0 radical (unpaired) electrons. The molecule has 1 heterocycles. The molecular formula is C14H31NO2. The summed E-state index contributed by atoms with van der Waals surface area (Å²) >= 11 is 0. The van der Waals surface area contributed by atoms with E-state index in [-0.39, 0.29) is 0 Å². The summed E-state index contributed by atoms with van der Waals surface area (Å²) in [6.45, 7) is 12.1. The molecule has 0 aliphatic carbocycles. The van der Waals surface area contributed by atoms with E-state index >= 15 is 0 Å². The fourth-order valence-electron chi connectivity index (χ4n) is 2.30. The summed E-state index contributed by atoms with van der Waals surface area (Å²) in [5.41, 5.74) is -0.501. The van der Waals surface area contributed by atoms with E-state index in [2.05, 4.69) is 4.90 Å². The summed E-state index contributed by atoms with van der Waals surface area (Å²) in [4.78, 5) is 2.47. The molecular weight excluding hydrogens is 214 g/mol. The van der Waals surface area contributed by atoms with E-state index in [0.717, 1.165) is 45.5 Å². The summed E-state index contributed by atoms with van der Waals surface area (Å²) in [6, 6.07) is 0. The quantitative estimate of drug-likeness (QED) is 0.756. The van der Waals surface area contributed by atoms with Crippen LogP contribution in [0.15, 0.2) is 0 Å². The average Bonchev–Trinajstić information content (AvgIpc) is 2.32. The van der Waals surface area contributed by atoms with Crippen LogP contribution in [-0.2, 0) is 4.74 Å². The van der Waals surface area contributed by atoms with Crippen molar-refractivity contribution in [1.82, 2.24) is 4.90 Å². The van der Waals surface area contributed by atoms with E-state index in [1.165, 1.54) is 0 Å². The van der Waals surface area contributed by atoms with E-state index in [4.69, 9.17) is 4.74 Å². The average molecular weight is 245 g/mol. The van der Waals surface area contributed by atoms with E-state index in [0.29, 0.717) is 5.92 Å². The molecule has 0 atom stereocenters. The summed E-state index contributed by atoms with van der Waals surface area (Å²) in [5, 5.41) is 9.90. The third-order valence-electron chi connectivity index (χ3n) is 3.41. The minimum absolute atomic E-state index is 0.469. The predicted molar refractivity (Wildman–Crippen MR) is 73.3 cm³/mol. The zero-order valence-electron chi connectivity index (χ0n) is 12.3. The topological polar surface area (TPSA) is 32.7 Å². The van der Waals surface area contributed by atoms with Gasteiger partial charge in [-0.3, -0.25) is 0 Å². The predicted octanol–water partition coefficient (Wildman–Crippen LogP) is 2.53. The van der Waals surface area contributed by atoms with Gasteiger partial charge in [-0.15, -0.1) is 0 Å². The Morgan fingerprint density at radius 3 is 2.18 bits per heavy atom. The molecule has 3 heteroatoms. The SMILES string of the molecule is CC.COCCCN1CCC(C(C)(C)O)CC1. The van der Waals surface area contributed by atoms with Crippen LogP contribution in [0.3, 0.4) is 0 Å². The number of ether oxygens (including phenoxy) is 1. The summed E-state index contributed by atoms with van der Waals surface area (Å²) in [7, 11) is 1.75. The van der Waals surface area contributed by atoms with Crippen molar-refractivity contribution < 1.29 is 9.84 Å². The van der Waals surface area contributed by atoms with Gasteiger partial charge in [-0.25, -0.2) is 0 Å². The summed E-state index contributed by atoms with van der Waals surface area (Å²) < 4.78 is 5.04. The van der Waals surface area contributed by atoms with Crippen LogP contribution in [0, 0.1) is 5.92 Å². The number of hydrogen-bond acceptors (Lipinski definition) is 3. The number of methoxy groups -OCH3 is 1. The lowest BCUT2D eigenvalue weighted by molar-refractivity contribution is -0.0132. The van der Waals surface area contributed by atoms with Gasteiger partial charge in [0.25, 0.3) is 0 Å². The van der Waals surface area contributed by atoms with Crippen molar-refractivity contribution in [2.24, 2.45) is 5.92 Å². The first kappa shape index (κ1) is 16.9. The minimum atomic E-state index is -0.501. The Morgan fingerprint density at radius 2 is 1.76 bits per heavy atom. The Bertz CT molecular complexity index is 170. The molecule has 1 saturated heterocycles. The van der Waals surface area contributed by atoms with Crippen molar-refractivity contribution in [1.29, 1.82) is 0 Å². The normalized spacial score (nSPS) is 18.7.